The fourth-order valence-corrected chi connectivity index (χ4v) is 2.82. The van der Waals surface area contributed by atoms with Crippen molar-refractivity contribution in [3.63, 3.8) is 0 Å². The molecule has 0 saturated carbocycles. The molecule has 0 aromatic carbocycles. The lowest BCUT2D eigenvalue weighted by atomic mass is 10.0. The van der Waals surface area contributed by atoms with Crippen molar-refractivity contribution in [2.45, 2.75) is 102 Å². The van der Waals surface area contributed by atoms with Crippen LogP contribution in [0.1, 0.15) is 71.6 Å². The molecule has 0 bridgehead atoms. The molecule has 6 nitrogen and oxygen atoms in total. The molecular formula is C17H34N2O4. The Hall–Kier alpha value is -0.690. The Labute approximate surface area is 139 Å². The van der Waals surface area contributed by atoms with Crippen LogP contribution in [0, 0.1) is 5.41 Å². The largest absolute Gasteiger partial charge is 0.390 e. The van der Waals surface area contributed by atoms with Gasteiger partial charge in [-0.05, 0) is 26.7 Å². The minimum atomic E-state index is -0.759. The second kappa shape index (κ2) is 11.0. The molecule has 5 N–H and O–H groups in total. The van der Waals surface area contributed by atoms with Gasteiger partial charge >= 0.3 is 0 Å². The minimum absolute atomic E-state index is 0.0369. The fourth-order valence-electron chi connectivity index (χ4n) is 2.82. The number of ether oxygens (including phenoxy) is 2. The molecule has 1 fully saturated rings. The zero-order valence-corrected chi connectivity index (χ0v) is 14.5. The molecule has 1 aliphatic heterocycles. The van der Waals surface area contributed by atoms with Crippen LogP contribution >= 0.6 is 0 Å². The number of rotatable bonds is 11. The van der Waals surface area contributed by atoms with Crippen molar-refractivity contribution in [1.29, 1.82) is 5.41 Å². The molecule has 1 saturated heterocycles. The van der Waals surface area contributed by atoms with Gasteiger partial charge in [0.2, 0.25) is 0 Å². The average Bonchev–Trinajstić information content (AvgIpc) is 2.47. The van der Waals surface area contributed by atoms with Crippen molar-refractivity contribution >= 4 is 5.84 Å². The lowest BCUT2D eigenvalue weighted by molar-refractivity contribution is -0.273. The first-order valence-electron chi connectivity index (χ1n) is 8.90. The van der Waals surface area contributed by atoms with Gasteiger partial charge in [0.05, 0.1) is 24.1 Å². The van der Waals surface area contributed by atoms with Crippen LogP contribution in [0.3, 0.4) is 0 Å². The normalized spacial score (nSPS) is 29.4. The highest BCUT2D eigenvalue weighted by molar-refractivity contribution is 5.76. The number of aliphatic hydroxyl groups excluding tert-OH is 2. The van der Waals surface area contributed by atoms with Crippen LogP contribution in [0.5, 0.6) is 0 Å². The topological polar surface area (TPSA) is 109 Å². The highest BCUT2D eigenvalue weighted by Gasteiger charge is 2.35. The molecule has 23 heavy (non-hydrogen) atoms. The standard InChI is InChI=1S/C17H34N2O4/c1-12(9-7-5-3-4-6-8-10-16(18)19)22-17-15(21)11-14(20)13(2)23-17/h12-15,17,20-21H,3-11H2,1-2H3,(H3,18,19)/t12-,13+,14-,15-,17-/m1/s1. The van der Waals surface area contributed by atoms with Crippen LogP contribution in [0.25, 0.3) is 0 Å². The van der Waals surface area contributed by atoms with Gasteiger partial charge in [-0.2, -0.15) is 0 Å². The summed E-state index contributed by atoms with van der Waals surface area (Å²) >= 11 is 0. The number of nitrogens with two attached hydrogens (primary N) is 1. The second-order valence-corrected chi connectivity index (χ2v) is 6.71. The molecule has 0 spiro atoms. The Morgan fingerprint density at radius 1 is 1.17 bits per heavy atom. The van der Waals surface area contributed by atoms with Crippen LogP contribution in [0.4, 0.5) is 0 Å². The van der Waals surface area contributed by atoms with Crippen LogP contribution < -0.4 is 5.73 Å². The van der Waals surface area contributed by atoms with Crippen molar-refractivity contribution in [1.82, 2.24) is 0 Å². The molecule has 5 atom stereocenters. The molecule has 0 aromatic heterocycles. The van der Waals surface area contributed by atoms with Gasteiger partial charge in [-0.25, -0.2) is 0 Å². The number of hydrogen-bond acceptors (Lipinski definition) is 5. The molecule has 1 rings (SSSR count). The monoisotopic (exact) mass is 330 g/mol. The van der Waals surface area contributed by atoms with E-state index in [0.717, 1.165) is 32.1 Å². The number of hydrogen-bond donors (Lipinski definition) is 4. The maximum absolute atomic E-state index is 9.90. The summed E-state index contributed by atoms with van der Waals surface area (Å²) in [4.78, 5) is 0. The third-order valence-electron chi connectivity index (χ3n) is 4.36. The van der Waals surface area contributed by atoms with Crippen molar-refractivity contribution in [3.8, 4) is 0 Å². The van der Waals surface area contributed by atoms with E-state index in [0.29, 0.717) is 12.8 Å². The summed E-state index contributed by atoms with van der Waals surface area (Å²) in [6.07, 6.45) is 6.45. The van der Waals surface area contributed by atoms with Crippen LogP contribution in [0.15, 0.2) is 0 Å². The Kier molecular flexibility index (Phi) is 9.71. The molecule has 6 heteroatoms. The van der Waals surface area contributed by atoms with E-state index < -0.39 is 18.5 Å². The Bertz CT molecular complexity index is 341. The molecule has 1 heterocycles. The third kappa shape index (κ3) is 8.65. The van der Waals surface area contributed by atoms with Gasteiger partial charge in [0.25, 0.3) is 0 Å². The summed E-state index contributed by atoms with van der Waals surface area (Å²) in [7, 11) is 0. The molecule has 0 amide bonds. The van der Waals surface area contributed by atoms with E-state index >= 15 is 0 Å². The maximum atomic E-state index is 9.90. The van der Waals surface area contributed by atoms with E-state index in [1.807, 2.05) is 6.92 Å². The fraction of sp³-hybridized carbons (Fsp3) is 0.941. The number of aliphatic hydroxyl groups is 2. The molecule has 1 aliphatic rings. The Morgan fingerprint density at radius 3 is 2.43 bits per heavy atom. The highest BCUT2D eigenvalue weighted by Crippen LogP contribution is 2.23. The van der Waals surface area contributed by atoms with Gasteiger partial charge in [-0.1, -0.05) is 32.1 Å². The zero-order chi connectivity index (χ0) is 17.2. The van der Waals surface area contributed by atoms with E-state index in [-0.39, 0.29) is 18.0 Å². The average molecular weight is 330 g/mol. The van der Waals surface area contributed by atoms with Gasteiger partial charge in [0.1, 0.15) is 6.10 Å². The summed E-state index contributed by atoms with van der Waals surface area (Å²) in [6, 6.07) is 0. The first-order valence-corrected chi connectivity index (χ1v) is 8.90. The lowest BCUT2D eigenvalue weighted by Crippen LogP contribution is -2.48. The van der Waals surface area contributed by atoms with Crippen LogP contribution in [0.2, 0.25) is 0 Å². The summed E-state index contributed by atoms with van der Waals surface area (Å²) in [6.45, 7) is 3.79. The minimum Gasteiger partial charge on any atom is -0.390 e. The number of unbranched alkanes of at least 4 members (excludes halogenated alkanes) is 5. The molecule has 0 aromatic rings. The number of nitrogens with one attached hydrogen (secondary N) is 1. The second-order valence-electron chi connectivity index (χ2n) is 6.71. The van der Waals surface area contributed by atoms with E-state index in [1.54, 1.807) is 6.92 Å². The van der Waals surface area contributed by atoms with Crippen molar-refractivity contribution in [2.75, 3.05) is 0 Å². The third-order valence-corrected chi connectivity index (χ3v) is 4.36. The van der Waals surface area contributed by atoms with Crippen molar-refractivity contribution in [2.24, 2.45) is 5.73 Å². The summed E-state index contributed by atoms with van der Waals surface area (Å²) in [5, 5.41) is 26.7. The van der Waals surface area contributed by atoms with E-state index in [9.17, 15) is 10.2 Å². The first-order chi connectivity index (χ1) is 10.9. The van der Waals surface area contributed by atoms with Gasteiger partial charge in [-0.15, -0.1) is 0 Å². The van der Waals surface area contributed by atoms with Crippen molar-refractivity contribution in [3.05, 3.63) is 0 Å². The van der Waals surface area contributed by atoms with E-state index in [2.05, 4.69) is 0 Å². The maximum Gasteiger partial charge on any atom is 0.184 e. The summed E-state index contributed by atoms with van der Waals surface area (Å²) in [5.41, 5.74) is 5.32. The molecule has 136 valence electrons. The van der Waals surface area contributed by atoms with Gasteiger partial charge in [0.15, 0.2) is 6.29 Å². The van der Waals surface area contributed by atoms with Crippen molar-refractivity contribution < 1.29 is 19.7 Å². The van der Waals surface area contributed by atoms with E-state index in [4.69, 9.17) is 20.6 Å². The Morgan fingerprint density at radius 2 is 1.78 bits per heavy atom. The molecule has 0 radical (unpaired) electrons. The van der Waals surface area contributed by atoms with Gasteiger partial charge in [-0.3, -0.25) is 5.41 Å². The number of amidine groups is 1. The van der Waals surface area contributed by atoms with E-state index in [1.165, 1.54) is 12.8 Å². The van der Waals surface area contributed by atoms with Crippen LogP contribution in [-0.4, -0.2) is 46.8 Å². The zero-order valence-electron chi connectivity index (χ0n) is 14.5. The van der Waals surface area contributed by atoms with Gasteiger partial charge < -0.3 is 25.4 Å². The molecular weight excluding hydrogens is 296 g/mol. The smallest absolute Gasteiger partial charge is 0.184 e. The highest BCUT2D eigenvalue weighted by atomic mass is 16.7. The predicted octanol–water partition coefficient (Wildman–Crippen LogP) is 2.30. The molecule has 0 aliphatic carbocycles. The predicted molar refractivity (Wildman–Crippen MR) is 90.4 cm³/mol. The molecule has 0 unspecified atom stereocenters. The summed E-state index contributed by atoms with van der Waals surface area (Å²) < 4.78 is 11.3. The lowest BCUT2D eigenvalue weighted by Gasteiger charge is -2.36. The first kappa shape index (κ1) is 20.4. The van der Waals surface area contributed by atoms with Crippen LogP contribution in [-0.2, 0) is 9.47 Å². The quantitative estimate of drug-likeness (QED) is 0.264. The summed E-state index contributed by atoms with van der Waals surface area (Å²) in [5.74, 6) is 0.282. The van der Waals surface area contributed by atoms with Gasteiger partial charge in [0, 0.05) is 12.8 Å². The SMILES string of the molecule is C[C@H](CCCCCCCCC(=N)N)O[C@@H]1O[C@@H](C)[C@H](O)C[C@H]1O. The Balaban J connectivity index is 2.04.